The summed E-state index contributed by atoms with van der Waals surface area (Å²) in [5, 5.41) is 7.21. The van der Waals surface area contributed by atoms with Crippen LogP contribution in [0.4, 0.5) is 0 Å². The lowest BCUT2D eigenvalue weighted by molar-refractivity contribution is 0.408. The number of hydrogen-bond donors (Lipinski definition) is 3. The second-order valence-corrected chi connectivity index (χ2v) is 6.77. The van der Waals surface area contributed by atoms with Gasteiger partial charge in [0.05, 0.1) is 5.84 Å². The number of rotatable bonds is 5. The molecule has 0 aliphatic carbocycles. The molecule has 7 heteroatoms. The van der Waals surface area contributed by atoms with Crippen molar-refractivity contribution >= 4 is 16.0 Å². The molecule has 0 bridgehead atoms. The van der Waals surface area contributed by atoms with Gasteiger partial charge in [-0.2, -0.15) is 17.4 Å². The molecule has 0 rings (SSSR count). The van der Waals surface area contributed by atoms with Gasteiger partial charge in [-0.15, -0.1) is 0 Å². The highest BCUT2D eigenvalue weighted by Gasteiger charge is 2.25. The number of nitrogens with two attached hydrogens (primary N) is 1. The van der Waals surface area contributed by atoms with Gasteiger partial charge in [-0.3, -0.25) is 5.41 Å². The molecular weight excluding hydrogens is 228 g/mol. The number of amidine groups is 1. The Hall–Kier alpha value is -0.660. The van der Waals surface area contributed by atoms with Crippen LogP contribution in [0.3, 0.4) is 0 Å². The third-order valence-electron chi connectivity index (χ3n) is 1.91. The number of nitrogens with one attached hydrogen (secondary N) is 2. The van der Waals surface area contributed by atoms with Crippen LogP contribution in [0.2, 0.25) is 0 Å². The zero-order valence-corrected chi connectivity index (χ0v) is 11.4. The Labute approximate surface area is 97.9 Å². The lowest BCUT2D eigenvalue weighted by Crippen LogP contribution is -2.49. The van der Waals surface area contributed by atoms with Crippen LogP contribution in [-0.4, -0.2) is 37.7 Å². The first kappa shape index (κ1) is 15.3. The van der Waals surface area contributed by atoms with Crippen molar-refractivity contribution in [2.24, 2.45) is 11.7 Å². The molecule has 0 aromatic heterocycles. The summed E-state index contributed by atoms with van der Waals surface area (Å²) in [6.07, 6.45) is 0. The first-order valence-electron chi connectivity index (χ1n) is 5.05. The van der Waals surface area contributed by atoms with Crippen LogP contribution in [0.15, 0.2) is 0 Å². The smallest absolute Gasteiger partial charge is 0.279 e. The van der Waals surface area contributed by atoms with E-state index in [0.717, 1.165) is 0 Å². The fourth-order valence-electron chi connectivity index (χ4n) is 1.05. The van der Waals surface area contributed by atoms with E-state index in [2.05, 4.69) is 4.72 Å². The Morgan fingerprint density at radius 3 is 2.25 bits per heavy atom. The Bertz CT molecular complexity index is 345. The van der Waals surface area contributed by atoms with E-state index >= 15 is 0 Å². The third kappa shape index (κ3) is 5.43. The summed E-state index contributed by atoms with van der Waals surface area (Å²) in [6.45, 7) is 7.22. The maximum atomic E-state index is 11.8. The highest BCUT2D eigenvalue weighted by molar-refractivity contribution is 7.87. The van der Waals surface area contributed by atoms with Crippen LogP contribution in [0.5, 0.6) is 0 Å². The average Bonchev–Trinajstić information content (AvgIpc) is 1.98. The molecule has 0 saturated carbocycles. The van der Waals surface area contributed by atoms with E-state index in [0.29, 0.717) is 0 Å². The van der Waals surface area contributed by atoms with Gasteiger partial charge in [0.2, 0.25) is 0 Å². The van der Waals surface area contributed by atoms with E-state index in [9.17, 15) is 8.42 Å². The van der Waals surface area contributed by atoms with Gasteiger partial charge in [-0.1, -0.05) is 6.92 Å². The largest absolute Gasteiger partial charge is 0.387 e. The van der Waals surface area contributed by atoms with Gasteiger partial charge in [-0.25, -0.2) is 0 Å². The summed E-state index contributed by atoms with van der Waals surface area (Å²) in [4.78, 5) is 0. The normalized spacial score (nSPS) is 15.1. The minimum absolute atomic E-state index is 0.0159. The van der Waals surface area contributed by atoms with E-state index in [-0.39, 0.29) is 18.3 Å². The monoisotopic (exact) mass is 250 g/mol. The molecule has 0 aliphatic rings. The predicted molar refractivity (Wildman–Crippen MR) is 65.5 cm³/mol. The summed E-state index contributed by atoms with van der Waals surface area (Å²) in [7, 11) is -2.05. The van der Waals surface area contributed by atoms with Crippen LogP contribution in [0.1, 0.15) is 27.7 Å². The van der Waals surface area contributed by atoms with Crippen molar-refractivity contribution in [3.05, 3.63) is 0 Å². The van der Waals surface area contributed by atoms with Gasteiger partial charge >= 0.3 is 0 Å². The molecule has 0 aromatic carbocycles. The van der Waals surface area contributed by atoms with Crippen molar-refractivity contribution in [1.29, 1.82) is 5.41 Å². The van der Waals surface area contributed by atoms with E-state index in [4.69, 9.17) is 11.1 Å². The number of hydrogen-bond acceptors (Lipinski definition) is 3. The van der Waals surface area contributed by atoms with Crippen molar-refractivity contribution in [2.75, 3.05) is 13.6 Å². The van der Waals surface area contributed by atoms with Crippen LogP contribution in [0, 0.1) is 11.3 Å². The standard InChI is InChI=1S/C9H22N4O2S/c1-7(8(10)11)6-13(5)16(14,15)12-9(2,3)4/h7,12H,6H2,1-5H3,(H3,10,11). The number of nitrogens with zero attached hydrogens (tertiary/aromatic N) is 1. The maximum absolute atomic E-state index is 11.8. The summed E-state index contributed by atoms with van der Waals surface area (Å²) < 4.78 is 27.3. The second-order valence-electron chi connectivity index (χ2n) is 4.99. The van der Waals surface area contributed by atoms with Gasteiger partial charge in [0.25, 0.3) is 10.2 Å². The summed E-state index contributed by atoms with van der Waals surface area (Å²) in [5.74, 6) is -0.306. The Morgan fingerprint density at radius 2 is 1.94 bits per heavy atom. The Balaban J connectivity index is 4.60. The van der Waals surface area contributed by atoms with E-state index in [1.165, 1.54) is 11.4 Å². The van der Waals surface area contributed by atoms with Crippen molar-refractivity contribution in [2.45, 2.75) is 33.2 Å². The van der Waals surface area contributed by atoms with Crippen LogP contribution in [0.25, 0.3) is 0 Å². The van der Waals surface area contributed by atoms with Crippen LogP contribution in [-0.2, 0) is 10.2 Å². The van der Waals surface area contributed by atoms with Gasteiger partial charge in [0, 0.05) is 25.0 Å². The molecule has 0 aromatic rings. The van der Waals surface area contributed by atoms with Gasteiger partial charge in [0.1, 0.15) is 0 Å². The van der Waals surface area contributed by atoms with E-state index in [1.807, 2.05) is 0 Å². The second kappa shape index (κ2) is 5.11. The lowest BCUT2D eigenvalue weighted by Gasteiger charge is -2.26. The Kier molecular flexibility index (Phi) is 4.90. The minimum Gasteiger partial charge on any atom is -0.387 e. The van der Waals surface area contributed by atoms with Crippen LogP contribution < -0.4 is 10.5 Å². The van der Waals surface area contributed by atoms with Crippen molar-refractivity contribution in [3.8, 4) is 0 Å². The Morgan fingerprint density at radius 1 is 1.50 bits per heavy atom. The van der Waals surface area contributed by atoms with Crippen molar-refractivity contribution in [1.82, 2.24) is 9.03 Å². The van der Waals surface area contributed by atoms with E-state index < -0.39 is 15.7 Å². The predicted octanol–water partition coefficient (Wildman–Crippen LogP) is 0.123. The molecule has 16 heavy (non-hydrogen) atoms. The van der Waals surface area contributed by atoms with Gasteiger partial charge < -0.3 is 5.73 Å². The molecule has 1 unspecified atom stereocenters. The quantitative estimate of drug-likeness (QED) is 0.477. The zero-order valence-electron chi connectivity index (χ0n) is 10.5. The third-order valence-corrected chi connectivity index (χ3v) is 3.75. The molecule has 4 N–H and O–H groups in total. The summed E-state index contributed by atoms with van der Waals surface area (Å²) in [5.41, 5.74) is 4.77. The summed E-state index contributed by atoms with van der Waals surface area (Å²) >= 11 is 0. The highest BCUT2D eigenvalue weighted by Crippen LogP contribution is 2.07. The molecule has 6 nitrogen and oxygen atoms in total. The molecule has 0 spiro atoms. The highest BCUT2D eigenvalue weighted by atomic mass is 32.2. The fraction of sp³-hybridized carbons (Fsp3) is 0.889. The van der Waals surface area contributed by atoms with Crippen molar-refractivity contribution in [3.63, 3.8) is 0 Å². The molecule has 0 aliphatic heterocycles. The lowest BCUT2D eigenvalue weighted by atomic mass is 10.1. The molecule has 1 atom stereocenters. The van der Waals surface area contributed by atoms with Gasteiger partial charge in [0.15, 0.2) is 0 Å². The first-order valence-corrected chi connectivity index (χ1v) is 6.49. The van der Waals surface area contributed by atoms with Gasteiger partial charge in [-0.05, 0) is 20.8 Å². The topological polar surface area (TPSA) is 99.3 Å². The van der Waals surface area contributed by atoms with E-state index in [1.54, 1.807) is 27.7 Å². The molecular formula is C9H22N4O2S. The maximum Gasteiger partial charge on any atom is 0.279 e. The molecule has 0 saturated heterocycles. The zero-order chi connectivity index (χ0) is 13.1. The minimum atomic E-state index is -3.52. The molecule has 0 fully saturated rings. The first-order chi connectivity index (χ1) is 6.96. The molecule has 0 heterocycles. The van der Waals surface area contributed by atoms with Crippen molar-refractivity contribution < 1.29 is 8.42 Å². The summed E-state index contributed by atoms with van der Waals surface area (Å²) in [6, 6.07) is 0. The average molecular weight is 250 g/mol. The van der Waals surface area contributed by atoms with Crippen LogP contribution >= 0.6 is 0 Å². The molecule has 0 amide bonds. The molecule has 96 valence electrons. The molecule has 0 radical (unpaired) electrons. The fourth-order valence-corrected chi connectivity index (χ4v) is 2.40. The SMILES string of the molecule is CC(CN(C)S(=O)(=O)NC(C)(C)C)C(=N)N.